The summed E-state index contributed by atoms with van der Waals surface area (Å²) in [5, 5.41) is 14.2. The zero-order chi connectivity index (χ0) is 23.2. The first-order valence-corrected chi connectivity index (χ1v) is 11.5. The molecular weight excluding hydrogens is 435 g/mol. The summed E-state index contributed by atoms with van der Waals surface area (Å²) in [5.74, 6) is -1.34. The molecule has 34 heavy (non-hydrogen) atoms. The summed E-state index contributed by atoms with van der Waals surface area (Å²) in [4.78, 5) is 26.5. The van der Waals surface area contributed by atoms with Crippen LogP contribution in [0.2, 0.25) is 0 Å². The molecule has 1 aliphatic rings. The maximum atomic E-state index is 13.1. The van der Waals surface area contributed by atoms with Gasteiger partial charge in [0.05, 0.1) is 18.4 Å². The van der Waals surface area contributed by atoms with Gasteiger partial charge >= 0.3 is 29.6 Å². The zero-order valence-electron chi connectivity index (χ0n) is 19.9. The molecule has 6 heteroatoms. The fourth-order valence-electron chi connectivity index (χ4n) is 4.41. The summed E-state index contributed by atoms with van der Waals surface area (Å²) >= 11 is 0. The van der Waals surface area contributed by atoms with Crippen LogP contribution in [0.25, 0.3) is 0 Å². The summed E-state index contributed by atoms with van der Waals surface area (Å²) in [6.07, 6.45) is 3.78. The van der Waals surface area contributed by atoms with Crippen LogP contribution < -0.4 is 44.9 Å². The number of hydrogen-bond donors (Lipinski definition) is 1. The molecule has 1 heterocycles. The van der Waals surface area contributed by atoms with Gasteiger partial charge in [-0.15, -0.1) is 0 Å². The predicted octanol–water partition coefficient (Wildman–Crippen LogP) is 0.801. The van der Waals surface area contributed by atoms with Crippen molar-refractivity contribution in [2.45, 2.75) is 38.6 Å². The number of para-hydroxylation sites is 1. The van der Waals surface area contributed by atoms with Crippen LogP contribution in [0, 0.1) is 6.92 Å². The van der Waals surface area contributed by atoms with Crippen molar-refractivity contribution in [2.75, 3.05) is 18.0 Å². The molecular formula is C28H29N2NaO3. The smallest absolute Gasteiger partial charge is 0.545 e. The Balaban J connectivity index is 0.00000324. The Morgan fingerprint density at radius 3 is 2.21 bits per heavy atom. The number of amides is 1. The maximum Gasteiger partial charge on any atom is 1.00 e. The number of anilines is 1. The predicted molar refractivity (Wildman–Crippen MR) is 128 cm³/mol. The Bertz CT molecular complexity index is 1110. The topological polar surface area (TPSA) is 72.5 Å². The van der Waals surface area contributed by atoms with E-state index in [1.54, 1.807) is 12.1 Å². The molecule has 1 amide bonds. The third-order valence-electron chi connectivity index (χ3n) is 6.21. The monoisotopic (exact) mass is 464 g/mol. The second-order valence-corrected chi connectivity index (χ2v) is 8.68. The summed E-state index contributed by atoms with van der Waals surface area (Å²) in [5.41, 5.74) is 5.31. The van der Waals surface area contributed by atoms with Gasteiger partial charge in [0, 0.05) is 24.3 Å². The van der Waals surface area contributed by atoms with E-state index >= 15 is 0 Å². The maximum absolute atomic E-state index is 13.1. The Hall–Kier alpha value is -2.60. The molecule has 0 radical (unpaired) electrons. The van der Waals surface area contributed by atoms with E-state index in [-0.39, 0.29) is 53.5 Å². The number of nitrogens with one attached hydrogen (secondary N) is 1. The number of carboxylic acids is 1. The van der Waals surface area contributed by atoms with E-state index < -0.39 is 5.97 Å². The number of carbonyl (C=O) groups is 2. The molecule has 1 fully saturated rings. The molecule has 3 aromatic carbocycles. The number of rotatable bonds is 7. The molecule has 170 valence electrons. The van der Waals surface area contributed by atoms with Crippen LogP contribution >= 0.6 is 0 Å². The van der Waals surface area contributed by atoms with Crippen LogP contribution in [-0.4, -0.2) is 25.0 Å². The summed E-state index contributed by atoms with van der Waals surface area (Å²) in [6, 6.07) is 22.6. The van der Waals surface area contributed by atoms with Crippen LogP contribution in [0.15, 0.2) is 72.8 Å². The number of aromatic carboxylic acids is 1. The van der Waals surface area contributed by atoms with Gasteiger partial charge in [0.25, 0.3) is 0 Å². The van der Waals surface area contributed by atoms with Crippen LogP contribution in [0.3, 0.4) is 0 Å². The SMILES string of the molecule is Cc1ccc(C(NC(=O)Cc2ccc(C(=O)[O-])cc2)c2ccccc2N2CCCCC2)cc1.[Na+]. The van der Waals surface area contributed by atoms with E-state index in [1.165, 1.54) is 42.6 Å². The van der Waals surface area contributed by atoms with Crippen molar-refractivity contribution in [3.05, 3.63) is 101 Å². The van der Waals surface area contributed by atoms with Gasteiger partial charge in [-0.25, -0.2) is 0 Å². The summed E-state index contributed by atoms with van der Waals surface area (Å²) < 4.78 is 0. The van der Waals surface area contributed by atoms with E-state index in [9.17, 15) is 14.7 Å². The second kappa shape index (κ2) is 12.2. The number of piperidine rings is 1. The molecule has 0 spiro atoms. The average molecular weight is 465 g/mol. The molecule has 1 N–H and O–H groups in total. The normalized spacial score (nSPS) is 14.1. The average Bonchev–Trinajstić information content (AvgIpc) is 2.84. The zero-order valence-corrected chi connectivity index (χ0v) is 21.9. The Morgan fingerprint density at radius 2 is 1.56 bits per heavy atom. The number of aryl methyl sites for hydroxylation is 1. The van der Waals surface area contributed by atoms with Gasteiger partial charge < -0.3 is 20.1 Å². The largest absolute Gasteiger partial charge is 1.00 e. The van der Waals surface area contributed by atoms with Crippen molar-refractivity contribution in [3.63, 3.8) is 0 Å². The number of nitrogens with zero attached hydrogens (tertiary/aromatic N) is 1. The molecule has 0 saturated carbocycles. The second-order valence-electron chi connectivity index (χ2n) is 8.68. The minimum Gasteiger partial charge on any atom is -0.545 e. The van der Waals surface area contributed by atoms with Crippen molar-refractivity contribution >= 4 is 17.6 Å². The van der Waals surface area contributed by atoms with Crippen LogP contribution in [-0.2, 0) is 11.2 Å². The fraction of sp³-hybridized carbons (Fsp3) is 0.286. The minimum atomic E-state index is -1.22. The molecule has 1 saturated heterocycles. The van der Waals surface area contributed by atoms with Crippen molar-refractivity contribution in [2.24, 2.45) is 0 Å². The van der Waals surface area contributed by atoms with Gasteiger partial charge in [-0.3, -0.25) is 4.79 Å². The third kappa shape index (κ3) is 6.50. The molecule has 1 atom stereocenters. The quantitative estimate of drug-likeness (QED) is 0.525. The molecule has 5 nitrogen and oxygen atoms in total. The molecule has 0 aliphatic carbocycles. The number of benzene rings is 3. The van der Waals surface area contributed by atoms with Crippen LogP contribution in [0.5, 0.6) is 0 Å². The van der Waals surface area contributed by atoms with E-state index in [0.29, 0.717) is 0 Å². The van der Waals surface area contributed by atoms with E-state index in [1.807, 2.05) is 6.07 Å². The van der Waals surface area contributed by atoms with Crippen LogP contribution in [0.4, 0.5) is 5.69 Å². The molecule has 0 bridgehead atoms. The van der Waals surface area contributed by atoms with E-state index in [0.717, 1.165) is 29.8 Å². The first-order chi connectivity index (χ1) is 16.0. The van der Waals surface area contributed by atoms with Crippen LogP contribution in [0.1, 0.15) is 57.9 Å². The van der Waals surface area contributed by atoms with Crippen molar-refractivity contribution in [1.82, 2.24) is 5.32 Å². The van der Waals surface area contributed by atoms with Gasteiger partial charge in [-0.05, 0) is 48.9 Å². The van der Waals surface area contributed by atoms with Crippen molar-refractivity contribution in [1.29, 1.82) is 0 Å². The van der Waals surface area contributed by atoms with Gasteiger partial charge in [-0.2, -0.15) is 0 Å². The number of hydrogen-bond acceptors (Lipinski definition) is 4. The first-order valence-electron chi connectivity index (χ1n) is 11.5. The summed E-state index contributed by atoms with van der Waals surface area (Å²) in [6.45, 7) is 4.10. The summed E-state index contributed by atoms with van der Waals surface area (Å²) in [7, 11) is 0. The Labute approximate surface area is 223 Å². The van der Waals surface area contributed by atoms with E-state index in [4.69, 9.17) is 0 Å². The molecule has 1 aliphatic heterocycles. The van der Waals surface area contributed by atoms with Gasteiger partial charge in [-0.1, -0.05) is 72.3 Å². The first kappa shape index (κ1) is 26.0. The Kier molecular flexibility index (Phi) is 9.34. The van der Waals surface area contributed by atoms with Gasteiger partial charge in [0.1, 0.15) is 0 Å². The molecule has 0 aromatic heterocycles. The fourth-order valence-corrected chi connectivity index (χ4v) is 4.41. The Morgan fingerprint density at radius 1 is 0.912 bits per heavy atom. The molecule has 1 unspecified atom stereocenters. The number of carboxylic acid groups (broad SMARTS) is 1. The third-order valence-corrected chi connectivity index (χ3v) is 6.21. The standard InChI is InChI=1S/C28H30N2O3.Na/c1-20-9-13-22(14-10-20)27(24-7-3-4-8-25(24)30-17-5-2-6-18-30)29-26(31)19-21-11-15-23(16-12-21)28(32)33;/h3-4,7-16,27H,2,5-6,17-19H2,1H3,(H,29,31)(H,32,33);/q;+1/p-1. The van der Waals surface area contributed by atoms with E-state index in [2.05, 4.69) is 59.6 Å². The minimum absolute atomic E-state index is 0. The van der Waals surface area contributed by atoms with Gasteiger partial charge in [0.15, 0.2) is 0 Å². The van der Waals surface area contributed by atoms with Gasteiger partial charge in [0.2, 0.25) is 5.91 Å². The molecule has 3 aromatic rings. The van der Waals surface area contributed by atoms with Crippen molar-refractivity contribution < 1.29 is 44.3 Å². The molecule has 4 rings (SSSR count). The van der Waals surface area contributed by atoms with Crippen molar-refractivity contribution in [3.8, 4) is 0 Å². The number of carbonyl (C=O) groups excluding carboxylic acids is 2.